The molecular weight excluding hydrogens is 394 g/mol. The van der Waals surface area contributed by atoms with Gasteiger partial charge >= 0.3 is 5.97 Å². The monoisotopic (exact) mass is 434 g/mol. The number of carbonyl (C=O) groups is 1. The topological polar surface area (TPSA) is 26.3 Å². The molecule has 0 radical (unpaired) electrons. The molecule has 1 aliphatic rings. The Bertz CT molecular complexity index is 665. The number of ether oxygens (including phenoxy) is 1. The number of hydrogen-bond donors (Lipinski definition) is 0. The molecule has 2 rings (SSSR count). The Hall–Kier alpha value is -1.32. The third-order valence-electron chi connectivity index (χ3n) is 6.24. The smallest absolute Gasteiger partial charge is 0.361 e. The fraction of sp³-hybridized carbons (Fsp3) is 0.654. The summed E-state index contributed by atoms with van der Waals surface area (Å²) in [6.45, 7) is 8.53. The third kappa shape index (κ3) is 9.22. The van der Waals surface area contributed by atoms with Gasteiger partial charge in [0.25, 0.3) is 0 Å². The zero-order valence-corrected chi connectivity index (χ0v) is 19.9. The summed E-state index contributed by atoms with van der Waals surface area (Å²) in [6.07, 6.45) is 14.1. The van der Waals surface area contributed by atoms with E-state index in [1.165, 1.54) is 50.5 Å². The first kappa shape index (κ1) is 24.9. The number of allylic oxidation sites excluding steroid dienone is 1. The van der Waals surface area contributed by atoms with Crippen LogP contribution in [0.1, 0.15) is 77.2 Å². The molecule has 0 amide bonds. The van der Waals surface area contributed by atoms with Gasteiger partial charge in [-0.2, -0.15) is 0 Å². The molecule has 1 aromatic carbocycles. The second kappa shape index (κ2) is 13.9. The van der Waals surface area contributed by atoms with E-state index in [9.17, 15) is 4.79 Å². The summed E-state index contributed by atoms with van der Waals surface area (Å²) in [5.41, 5.74) is 2.48. The number of nitrogens with zero attached hydrogens (tertiary/aromatic N) is 1. The first-order valence-corrected chi connectivity index (χ1v) is 12.3. The molecule has 0 bridgehead atoms. The zero-order valence-electron chi connectivity index (χ0n) is 19.1. The molecule has 0 aliphatic carbocycles. The number of rotatable bonds is 13. The Morgan fingerprint density at radius 1 is 1.07 bits per heavy atom. The number of benzene rings is 1. The van der Waals surface area contributed by atoms with Crippen molar-refractivity contribution in [3.8, 4) is 0 Å². The van der Waals surface area contributed by atoms with Crippen LogP contribution in [0, 0.1) is 0 Å². The number of halogens is 1. The first-order chi connectivity index (χ1) is 14.5. The Morgan fingerprint density at radius 2 is 1.77 bits per heavy atom. The van der Waals surface area contributed by atoms with Crippen LogP contribution in [-0.2, 0) is 16.0 Å². The number of hydrogen-bond acceptors (Lipinski definition) is 2. The van der Waals surface area contributed by atoms with Crippen molar-refractivity contribution in [1.82, 2.24) is 0 Å². The molecular formula is C26H41ClNO2+. The van der Waals surface area contributed by atoms with E-state index in [-0.39, 0.29) is 5.97 Å². The molecule has 30 heavy (non-hydrogen) atoms. The summed E-state index contributed by atoms with van der Waals surface area (Å²) >= 11 is 6.32. The van der Waals surface area contributed by atoms with E-state index in [4.69, 9.17) is 16.3 Å². The SMILES string of the molecule is CCCCCCCCOC(=O)C[N+]1(C/C=C(/C)Cc2ccccc2Cl)CCCCC1. The highest BCUT2D eigenvalue weighted by Gasteiger charge is 2.32. The fourth-order valence-electron chi connectivity index (χ4n) is 4.34. The maximum Gasteiger partial charge on any atom is 0.361 e. The van der Waals surface area contributed by atoms with Gasteiger partial charge in [0.2, 0.25) is 0 Å². The molecule has 0 aromatic heterocycles. The second-order valence-electron chi connectivity index (χ2n) is 9.00. The average molecular weight is 435 g/mol. The number of likely N-dealkylation sites (tertiary alicyclic amines) is 1. The van der Waals surface area contributed by atoms with Crippen LogP contribution in [0.5, 0.6) is 0 Å². The van der Waals surface area contributed by atoms with Crippen LogP contribution in [0.3, 0.4) is 0 Å². The van der Waals surface area contributed by atoms with Crippen molar-refractivity contribution in [3.05, 3.63) is 46.5 Å². The quantitative estimate of drug-likeness (QED) is 0.149. The van der Waals surface area contributed by atoms with E-state index in [1.807, 2.05) is 18.2 Å². The van der Waals surface area contributed by atoms with E-state index in [0.29, 0.717) is 13.2 Å². The third-order valence-corrected chi connectivity index (χ3v) is 6.61. The summed E-state index contributed by atoms with van der Waals surface area (Å²) in [5.74, 6) is -0.0254. The van der Waals surface area contributed by atoms with Crippen LogP contribution >= 0.6 is 11.6 Å². The molecule has 1 aliphatic heterocycles. The standard InChI is InChI=1S/C26H41ClNO2/c1-3-4-5-6-7-13-20-30-26(29)22-28(17-11-8-12-18-28)19-16-23(2)21-24-14-9-10-15-25(24)27/h9-10,14-16H,3-8,11-13,17-22H2,1-2H3/q+1/b23-16-. The van der Waals surface area contributed by atoms with E-state index >= 15 is 0 Å². The lowest BCUT2D eigenvalue weighted by Crippen LogP contribution is -2.54. The Labute approximate surface area is 189 Å². The highest BCUT2D eigenvalue weighted by Crippen LogP contribution is 2.22. The molecule has 0 saturated carbocycles. The molecule has 1 heterocycles. The summed E-state index contributed by atoms with van der Waals surface area (Å²) in [7, 11) is 0. The normalized spacial score (nSPS) is 16.4. The number of unbranched alkanes of at least 4 members (excludes halogenated alkanes) is 5. The van der Waals surface area contributed by atoms with Crippen LogP contribution < -0.4 is 0 Å². The van der Waals surface area contributed by atoms with Crippen molar-refractivity contribution in [1.29, 1.82) is 0 Å². The van der Waals surface area contributed by atoms with Crippen molar-refractivity contribution < 1.29 is 14.0 Å². The number of piperidine rings is 1. The van der Waals surface area contributed by atoms with Crippen molar-refractivity contribution in [2.24, 2.45) is 0 Å². The van der Waals surface area contributed by atoms with Gasteiger partial charge in [-0.1, -0.05) is 74.4 Å². The van der Waals surface area contributed by atoms with Crippen LogP contribution in [0.25, 0.3) is 0 Å². The van der Waals surface area contributed by atoms with Gasteiger partial charge in [-0.3, -0.25) is 0 Å². The van der Waals surface area contributed by atoms with Gasteiger partial charge < -0.3 is 9.22 Å². The molecule has 3 nitrogen and oxygen atoms in total. The number of quaternary nitrogens is 1. The van der Waals surface area contributed by atoms with Crippen LogP contribution in [-0.4, -0.2) is 43.2 Å². The van der Waals surface area contributed by atoms with Gasteiger partial charge in [-0.25, -0.2) is 4.79 Å². The summed E-state index contributed by atoms with van der Waals surface area (Å²) in [6, 6.07) is 8.04. The van der Waals surface area contributed by atoms with Crippen LogP contribution in [0.4, 0.5) is 0 Å². The van der Waals surface area contributed by atoms with E-state index in [2.05, 4.69) is 26.0 Å². The molecule has 0 N–H and O–H groups in total. The Kier molecular flexibility index (Phi) is 11.5. The lowest BCUT2D eigenvalue weighted by Gasteiger charge is -2.40. The van der Waals surface area contributed by atoms with Gasteiger partial charge in [0.15, 0.2) is 6.54 Å². The lowest BCUT2D eigenvalue weighted by atomic mass is 10.0. The molecule has 0 spiro atoms. The van der Waals surface area contributed by atoms with Gasteiger partial charge in [0, 0.05) is 5.02 Å². The van der Waals surface area contributed by atoms with E-state index in [0.717, 1.165) is 54.0 Å². The maximum atomic E-state index is 12.6. The molecule has 1 fully saturated rings. The number of carbonyl (C=O) groups excluding carboxylic acids is 1. The molecule has 1 saturated heterocycles. The maximum absolute atomic E-state index is 12.6. The average Bonchev–Trinajstić information content (AvgIpc) is 2.74. The second-order valence-corrected chi connectivity index (χ2v) is 9.40. The van der Waals surface area contributed by atoms with Gasteiger partial charge in [-0.05, 0) is 56.7 Å². The molecule has 1 aromatic rings. The lowest BCUT2D eigenvalue weighted by molar-refractivity contribution is -0.920. The van der Waals surface area contributed by atoms with Crippen molar-refractivity contribution >= 4 is 17.6 Å². The van der Waals surface area contributed by atoms with Gasteiger partial charge in [-0.15, -0.1) is 0 Å². The minimum Gasteiger partial charge on any atom is -0.462 e. The van der Waals surface area contributed by atoms with E-state index in [1.54, 1.807) is 0 Å². The minimum atomic E-state index is -0.0254. The first-order valence-electron chi connectivity index (χ1n) is 11.9. The van der Waals surface area contributed by atoms with Crippen LogP contribution in [0.15, 0.2) is 35.9 Å². The Morgan fingerprint density at radius 3 is 2.50 bits per heavy atom. The van der Waals surface area contributed by atoms with E-state index < -0.39 is 0 Å². The number of esters is 1. The zero-order chi connectivity index (χ0) is 21.7. The predicted octanol–water partition coefficient (Wildman–Crippen LogP) is 6.73. The largest absolute Gasteiger partial charge is 0.462 e. The van der Waals surface area contributed by atoms with Crippen molar-refractivity contribution in [3.63, 3.8) is 0 Å². The van der Waals surface area contributed by atoms with Gasteiger partial charge in [0.1, 0.15) is 0 Å². The highest BCUT2D eigenvalue weighted by atomic mass is 35.5. The molecule has 0 unspecified atom stereocenters. The van der Waals surface area contributed by atoms with Crippen molar-refractivity contribution in [2.45, 2.75) is 78.1 Å². The molecule has 4 heteroatoms. The highest BCUT2D eigenvalue weighted by molar-refractivity contribution is 6.31. The summed E-state index contributed by atoms with van der Waals surface area (Å²) < 4.78 is 6.44. The molecule has 0 atom stereocenters. The summed E-state index contributed by atoms with van der Waals surface area (Å²) in [4.78, 5) is 12.6. The fourth-order valence-corrected chi connectivity index (χ4v) is 4.54. The van der Waals surface area contributed by atoms with Crippen molar-refractivity contribution in [2.75, 3.05) is 32.8 Å². The van der Waals surface area contributed by atoms with Gasteiger partial charge in [0.05, 0.1) is 26.2 Å². The predicted molar refractivity (Wildman–Crippen MR) is 127 cm³/mol. The Balaban J connectivity index is 1.83. The summed E-state index contributed by atoms with van der Waals surface area (Å²) in [5, 5.41) is 0.824. The molecule has 168 valence electrons. The minimum absolute atomic E-state index is 0.0254. The van der Waals surface area contributed by atoms with Crippen LogP contribution in [0.2, 0.25) is 5.02 Å².